The van der Waals surface area contributed by atoms with E-state index in [1.165, 1.54) is 7.11 Å². The molecule has 2 N–H and O–H groups in total. The second kappa shape index (κ2) is 3.69. The molecule has 6 nitrogen and oxygen atoms in total. The highest BCUT2D eigenvalue weighted by molar-refractivity contribution is 5.94. The molecule has 2 heterocycles. The number of nitrogens with two attached hydrogens (primary N) is 1. The number of fused-ring (bicyclic) bond motifs is 3. The summed E-state index contributed by atoms with van der Waals surface area (Å²) >= 11 is 0. The highest BCUT2D eigenvalue weighted by Crippen LogP contribution is 2.20. The van der Waals surface area contributed by atoms with Crippen LogP contribution in [0.4, 0.5) is 5.82 Å². The summed E-state index contributed by atoms with van der Waals surface area (Å²) in [5, 5.41) is 0. The molecule has 1 aromatic carbocycles. The van der Waals surface area contributed by atoms with Gasteiger partial charge in [-0.3, -0.25) is 4.40 Å². The SMILES string of the molecule is COC(=O)c1ccc2nc(N)c3cncn3c2c1. The molecule has 0 aliphatic carbocycles. The van der Waals surface area contributed by atoms with Gasteiger partial charge in [0, 0.05) is 0 Å². The molecule has 0 spiro atoms. The van der Waals surface area contributed by atoms with Crippen LogP contribution in [0.1, 0.15) is 10.4 Å². The lowest BCUT2D eigenvalue weighted by Crippen LogP contribution is -2.03. The zero-order chi connectivity index (χ0) is 12.7. The van der Waals surface area contributed by atoms with Crippen LogP contribution < -0.4 is 5.73 Å². The maximum absolute atomic E-state index is 11.5. The molecule has 0 fully saturated rings. The molecule has 0 aliphatic rings. The number of benzene rings is 1. The quantitative estimate of drug-likeness (QED) is 0.649. The number of hydrogen-bond donors (Lipinski definition) is 1. The van der Waals surface area contributed by atoms with Gasteiger partial charge in [-0.2, -0.15) is 0 Å². The number of anilines is 1. The van der Waals surface area contributed by atoms with Crippen molar-refractivity contribution < 1.29 is 9.53 Å². The first kappa shape index (κ1) is 10.5. The smallest absolute Gasteiger partial charge is 0.337 e. The van der Waals surface area contributed by atoms with Gasteiger partial charge in [0.1, 0.15) is 11.3 Å². The Labute approximate surface area is 102 Å². The summed E-state index contributed by atoms with van der Waals surface area (Å²) in [4.78, 5) is 19.8. The van der Waals surface area contributed by atoms with Crippen molar-refractivity contribution in [2.75, 3.05) is 12.8 Å². The Hall–Kier alpha value is -2.63. The Morgan fingerprint density at radius 2 is 2.22 bits per heavy atom. The van der Waals surface area contributed by atoms with E-state index >= 15 is 0 Å². The van der Waals surface area contributed by atoms with Crippen molar-refractivity contribution >= 4 is 28.3 Å². The van der Waals surface area contributed by atoms with E-state index in [0.717, 1.165) is 5.52 Å². The minimum Gasteiger partial charge on any atom is -0.465 e. The third-order valence-electron chi connectivity index (χ3n) is 2.80. The topological polar surface area (TPSA) is 82.5 Å². The van der Waals surface area contributed by atoms with Gasteiger partial charge in [-0.1, -0.05) is 0 Å². The standard InChI is InChI=1S/C12H10N4O2/c1-18-12(17)7-2-3-8-9(4-7)16-6-14-5-10(16)11(13)15-8/h2-6H,1H3,(H2,13,15). The van der Waals surface area contributed by atoms with Crippen molar-refractivity contribution in [1.29, 1.82) is 0 Å². The van der Waals surface area contributed by atoms with E-state index < -0.39 is 0 Å². The van der Waals surface area contributed by atoms with Crippen molar-refractivity contribution in [2.24, 2.45) is 0 Å². The third kappa shape index (κ3) is 1.39. The predicted molar refractivity (Wildman–Crippen MR) is 66.2 cm³/mol. The van der Waals surface area contributed by atoms with Gasteiger partial charge in [-0.15, -0.1) is 0 Å². The van der Waals surface area contributed by atoms with E-state index in [9.17, 15) is 4.79 Å². The molecule has 0 atom stereocenters. The predicted octanol–water partition coefficient (Wildman–Crippen LogP) is 1.25. The van der Waals surface area contributed by atoms with E-state index in [-0.39, 0.29) is 5.97 Å². The van der Waals surface area contributed by atoms with E-state index in [0.29, 0.717) is 22.4 Å². The van der Waals surface area contributed by atoms with E-state index in [1.807, 2.05) is 0 Å². The Morgan fingerprint density at radius 3 is 3.00 bits per heavy atom. The number of esters is 1. The average molecular weight is 242 g/mol. The summed E-state index contributed by atoms with van der Waals surface area (Å²) in [5.74, 6) is 0.0211. The highest BCUT2D eigenvalue weighted by Gasteiger charge is 2.10. The zero-order valence-corrected chi connectivity index (χ0v) is 9.62. The van der Waals surface area contributed by atoms with Crippen LogP contribution in [-0.4, -0.2) is 27.4 Å². The number of aromatic nitrogens is 3. The van der Waals surface area contributed by atoms with E-state index in [2.05, 4.69) is 9.97 Å². The number of nitrogen functional groups attached to an aromatic ring is 1. The first-order chi connectivity index (χ1) is 8.70. The molecular formula is C12H10N4O2. The Balaban J connectivity index is 2.38. The Morgan fingerprint density at radius 1 is 1.39 bits per heavy atom. The Kier molecular flexibility index (Phi) is 2.16. The lowest BCUT2D eigenvalue weighted by atomic mass is 10.2. The molecule has 0 unspecified atom stereocenters. The fourth-order valence-electron chi connectivity index (χ4n) is 1.92. The fraction of sp³-hybridized carbons (Fsp3) is 0.0833. The van der Waals surface area contributed by atoms with Crippen LogP contribution in [-0.2, 0) is 4.74 Å². The first-order valence-electron chi connectivity index (χ1n) is 5.30. The van der Waals surface area contributed by atoms with Crippen LogP contribution in [0, 0.1) is 0 Å². The van der Waals surface area contributed by atoms with E-state index in [1.54, 1.807) is 35.1 Å². The van der Waals surface area contributed by atoms with Gasteiger partial charge in [0.25, 0.3) is 0 Å². The number of carbonyl (C=O) groups is 1. The molecule has 0 radical (unpaired) electrons. The molecule has 2 aromatic heterocycles. The zero-order valence-electron chi connectivity index (χ0n) is 9.62. The molecule has 0 saturated heterocycles. The normalized spacial score (nSPS) is 10.9. The van der Waals surface area contributed by atoms with Gasteiger partial charge in [0.05, 0.1) is 36.2 Å². The third-order valence-corrected chi connectivity index (χ3v) is 2.80. The number of imidazole rings is 1. The van der Waals surface area contributed by atoms with Crippen molar-refractivity contribution in [3.8, 4) is 0 Å². The van der Waals surface area contributed by atoms with Crippen LogP contribution >= 0.6 is 0 Å². The van der Waals surface area contributed by atoms with Gasteiger partial charge in [0.2, 0.25) is 0 Å². The summed E-state index contributed by atoms with van der Waals surface area (Å²) in [5.41, 5.74) is 8.47. The monoisotopic (exact) mass is 242 g/mol. The molecular weight excluding hydrogens is 232 g/mol. The van der Waals surface area contributed by atoms with Crippen molar-refractivity contribution in [3.05, 3.63) is 36.3 Å². The first-order valence-corrected chi connectivity index (χ1v) is 5.30. The molecule has 0 saturated carbocycles. The lowest BCUT2D eigenvalue weighted by molar-refractivity contribution is 0.0601. The molecule has 3 aromatic rings. The van der Waals surface area contributed by atoms with Gasteiger partial charge < -0.3 is 10.5 Å². The molecule has 0 bridgehead atoms. The number of rotatable bonds is 1. The van der Waals surface area contributed by atoms with Gasteiger partial charge in [-0.25, -0.2) is 14.8 Å². The summed E-state index contributed by atoms with van der Waals surface area (Å²) in [6, 6.07) is 5.10. The molecule has 6 heteroatoms. The second-order valence-corrected chi connectivity index (χ2v) is 3.84. The number of carbonyl (C=O) groups excluding carboxylic acids is 1. The largest absolute Gasteiger partial charge is 0.465 e. The van der Waals surface area contributed by atoms with Crippen molar-refractivity contribution in [1.82, 2.24) is 14.4 Å². The number of methoxy groups -OCH3 is 1. The number of hydrogen-bond acceptors (Lipinski definition) is 5. The maximum atomic E-state index is 11.5. The minimum atomic E-state index is -0.387. The number of nitrogens with zero attached hydrogens (tertiary/aromatic N) is 3. The average Bonchev–Trinajstić information content (AvgIpc) is 2.88. The summed E-state index contributed by atoms with van der Waals surface area (Å²) in [7, 11) is 1.35. The van der Waals surface area contributed by atoms with E-state index in [4.69, 9.17) is 10.5 Å². The van der Waals surface area contributed by atoms with Crippen molar-refractivity contribution in [3.63, 3.8) is 0 Å². The van der Waals surface area contributed by atoms with Crippen LogP contribution in [0.5, 0.6) is 0 Å². The van der Waals surface area contributed by atoms with Gasteiger partial charge >= 0.3 is 5.97 Å². The van der Waals surface area contributed by atoms with Gasteiger partial charge in [-0.05, 0) is 18.2 Å². The maximum Gasteiger partial charge on any atom is 0.337 e. The summed E-state index contributed by atoms with van der Waals surface area (Å²) in [6.45, 7) is 0. The molecule has 0 aliphatic heterocycles. The molecule has 18 heavy (non-hydrogen) atoms. The fourth-order valence-corrected chi connectivity index (χ4v) is 1.92. The minimum absolute atomic E-state index is 0.387. The molecule has 90 valence electrons. The summed E-state index contributed by atoms with van der Waals surface area (Å²) in [6.07, 6.45) is 3.27. The molecule has 3 rings (SSSR count). The van der Waals surface area contributed by atoms with Gasteiger partial charge in [0.15, 0.2) is 0 Å². The van der Waals surface area contributed by atoms with Crippen LogP contribution in [0.2, 0.25) is 0 Å². The number of ether oxygens (including phenoxy) is 1. The highest BCUT2D eigenvalue weighted by atomic mass is 16.5. The summed E-state index contributed by atoms with van der Waals surface area (Å²) < 4.78 is 6.49. The van der Waals surface area contributed by atoms with Crippen LogP contribution in [0.15, 0.2) is 30.7 Å². The lowest BCUT2D eigenvalue weighted by Gasteiger charge is -2.06. The molecule has 0 amide bonds. The van der Waals surface area contributed by atoms with Crippen LogP contribution in [0.25, 0.3) is 16.6 Å². The van der Waals surface area contributed by atoms with Crippen LogP contribution in [0.3, 0.4) is 0 Å². The van der Waals surface area contributed by atoms with Crippen molar-refractivity contribution in [2.45, 2.75) is 0 Å². The second-order valence-electron chi connectivity index (χ2n) is 3.84. The Bertz CT molecular complexity index is 763.